The molecule has 0 atom stereocenters. The van der Waals surface area contributed by atoms with Crippen LogP contribution in [-0.4, -0.2) is 33.6 Å². The van der Waals surface area contributed by atoms with E-state index in [1.54, 1.807) is 18.0 Å². The summed E-state index contributed by atoms with van der Waals surface area (Å²) in [5.41, 5.74) is 2.61. The van der Waals surface area contributed by atoms with E-state index in [2.05, 4.69) is 45.5 Å². The molecule has 24 heavy (non-hydrogen) atoms. The molecule has 0 aliphatic carbocycles. The Morgan fingerprint density at radius 2 is 1.92 bits per heavy atom. The number of imidazole rings is 1. The van der Waals surface area contributed by atoms with Gasteiger partial charge in [0, 0.05) is 11.9 Å². The summed E-state index contributed by atoms with van der Waals surface area (Å²) in [4.78, 5) is 12.3. The van der Waals surface area contributed by atoms with Crippen molar-refractivity contribution in [2.24, 2.45) is 0 Å². The van der Waals surface area contributed by atoms with E-state index in [1.165, 1.54) is 0 Å². The highest BCUT2D eigenvalue weighted by atomic mass is 32.2. The summed E-state index contributed by atoms with van der Waals surface area (Å²) in [6.45, 7) is 0.672. The Morgan fingerprint density at radius 1 is 1.08 bits per heavy atom. The standard InChI is InChI=1S/C19H17N3OS/c1-24-10-9-23-17-12-14-6-3-2-5-13(14)11-15(17)18-21-16-7-4-8-20-19(16)22-18/h2-8,11-12H,9-10H2,1H3,(H,20,21,22). The van der Waals surface area contributed by atoms with Crippen LogP contribution in [0.2, 0.25) is 0 Å². The predicted octanol–water partition coefficient (Wildman–Crippen LogP) is 4.52. The molecule has 0 bridgehead atoms. The minimum atomic E-state index is 0.672. The molecule has 2 aromatic heterocycles. The molecular weight excluding hydrogens is 318 g/mol. The van der Waals surface area contributed by atoms with Crippen molar-refractivity contribution >= 4 is 33.7 Å². The van der Waals surface area contributed by atoms with Crippen molar-refractivity contribution in [3.63, 3.8) is 0 Å². The number of rotatable bonds is 5. The molecule has 0 saturated heterocycles. The number of nitrogens with zero attached hydrogens (tertiary/aromatic N) is 2. The number of thioether (sulfide) groups is 1. The summed E-state index contributed by atoms with van der Waals surface area (Å²) >= 11 is 1.77. The van der Waals surface area contributed by atoms with Gasteiger partial charge in [0.15, 0.2) is 5.65 Å². The maximum absolute atomic E-state index is 6.03. The van der Waals surface area contributed by atoms with Gasteiger partial charge >= 0.3 is 0 Å². The van der Waals surface area contributed by atoms with Crippen molar-refractivity contribution in [1.82, 2.24) is 15.0 Å². The zero-order valence-electron chi connectivity index (χ0n) is 13.3. The number of nitrogens with one attached hydrogen (secondary N) is 1. The zero-order chi connectivity index (χ0) is 16.4. The van der Waals surface area contributed by atoms with Gasteiger partial charge in [0.25, 0.3) is 0 Å². The Kier molecular flexibility index (Phi) is 4.09. The van der Waals surface area contributed by atoms with Crippen LogP contribution in [0.3, 0.4) is 0 Å². The molecule has 5 heteroatoms. The summed E-state index contributed by atoms with van der Waals surface area (Å²) in [6, 6.07) is 16.4. The third-order valence-electron chi connectivity index (χ3n) is 3.91. The average Bonchev–Trinajstić information content (AvgIpc) is 3.05. The quantitative estimate of drug-likeness (QED) is 0.545. The lowest BCUT2D eigenvalue weighted by Gasteiger charge is -2.11. The van der Waals surface area contributed by atoms with Gasteiger partial charge in [-0.2, -0.15) is 11.8 Å². The van der Waals surface area contributed by atoms with Crippen molar-refractivity contribution in [2.45, 2.75) is 0 Å². The molecule has 4 aromatic rings. The predicted molar refractivity (Wildman–Crippen MR) is 101 cm³/mol. The third kappa shape index (κ3) is 2.83. The van der Waals surface area contributed by atoms with Gasteiger partial charge < -0.3 is 9.72 Å². The van der Waals surface area contributed by atoms with Crippen LogP contribution in [0.5, 0.6) is 5.75 Å². The van der Waals surface area contributed by atoms with E-state index in [4.69, 9.17) is 4.74 Å². The maximum atomic E-state index is 6.03. The second kappa shape index (κ2) is 6.53. The Labute approximate surface area is 144 Å². The highest BCUT2D eigenvalue weighted by molar-refractivity contribution is 7.98. The van der Waals surface area contributed by atoms with Gasteiger partial charge in [0.1, 0.15) is 11.6 Å². The number of fused-ring (bicyclic) bond motifs is 2. The highest BCUT2D eigenvalue weighted by Gasteiger charge is 2.13. The number of ether oxygens (including phenoxy) is 1. The number of hydrogen-bond acceptors (Lipinski definition) is 4. The van der Waals surface area contributed by atoms with Crippen LogP contribution in [-0.2, 0) is 0 Å². The number of hydrogen-bond donors (Lipinski definition) is 1. The molecule has 0 aliphatic rings. The normalized spacial score (nSPS) is 11.2. The molecule has 0 aliphatic heterocycles. The van der Waals surface area contributed by atoms with E-state index in [0.717, 1.165) is 44.8 Å². The third-order valence-corrected chi connectivity index (χ3v) is 4.48. The first kappa shape index (κ1) is 15.0. The molecule has 0 saturated carbocycles. The molecule has 4 nitrogen and oxygen atoms in total. The van der Waals surface area contributed by atoms with E-state index in [0.29, 0.717) is 6.61 Å². The Hall–Kier alpha value is -2.53. The summed E-state index contributed by atoms with van der Waals surface area (Å²) in [7, 11) is 0. The second-order valence-electron chi connectivity index (χ2n) is 5.50. The summed E-state index contributed by atoms with van der Waals surface area (Å²) < 4.78 is 6.03. The van der Waals surface area contributed by atoms with E-state index in [9.17, 15) is 0 Å². The van der Waals surface area contributed by atoms with Crippen molar-refractivity contribution < 1.29 is 4.74 Å². The minimum absolute atomic E-state index is 0.672. The highest BCUT2D eigenvalue weighted by Crippen LogP contribution is 2.33. The summed E-state index contributed by atoms with van der Waals surface area (Å²) in [6.07, 6.45) is 3.83. The van der Waals surface area contributed by atoms with E-state index < -0.39 is 0 Å². The van der Waals surface area contributed by atoms with Gasteiger partial charge in [-0.15, -0.1) is 0 Å². The molecule has 0 radical (unpaired) electrons. The first-order valence-corrected chi connectivity index (χ1v) is 9.20. The summed E-state index contributed by atoms with van der Waals surface area (Å²) in [5.74, 6) is 2.59. The Bertz CT molecular complexity index is 963. The Balaban J connectivity index is 1.85. The molecule has 0 fully saturated rings. The zero-order valence-corrected chi connectivity index (χ0v) is 14.1. The molecule has 0 spiro atoms. The topological polar surface area (TPSA) is 50.8 Å². The number of H-pyrrole nitrogens is 1. The number of pyridine rings is 1. The van der Waals surface area contributed by atoms with Gasteiger partial charge in [-0.1, -0.05) is 24.3 Å². The number of benzene rings is 2. The van der Waals surface area contributed by atoms with Crippen LogP contribution >= 0.6 is 11.8 Å². The maximum Gasteiger partial charge on any atom is 0.178 e. The molecule has 0 unspecified atom stereocenters. The lowest BCUT2D eigenvalue weighted by Crippen LogP contribution is -2.01. The molecule has 0 amide bonds. The van der Waals surface area contributed by atoms with Crippen LogP contribution < -0.4 is 4.74 Å². The largest absolute Gasteiger partial charge is 0.492 e. The van der Waals surface area contributed by atoms with Crippen LogP contribution in [0, 0.1) is 0 Å². The monoisotopic (exact) mass is 335 g/mol. The van der Waals surface area contributed by atoms with E-state index in [1.807, 2.05) is 24.3 Å². The SMILES string of the molecule is CSCCOc1cc2ccccc2cc1-c1nc2ncccc2[nH]1. The summed E-state index contributed by atoms with van der Waals surface area (Å²) in [5, 5.41) is 2.33. The number of aromatic nitrogens is 3. The molecule has 2 heterocycles. The van der Waals surface area contributed by atoms with Gasteiger partial charge in [-0.05, 0) is 41.3 Å². The van der Waals surface area contributed by atoms with Crippen molar-refractivity contribution in [3.05, 3.63) is 54.7 Å². The lowest BCUT2D eigenvalue weighted by atomic mass is 10.1. The van der Waals surface area contributed by atoms with Gasteiger partial charge in [-0.25, -0.2) is 9.97 Å². The van der Waals surface area contributed by atoms with Crippen molar-refractivity contribution in [3.8, 4) is 17.1 Å². The molecule has 2 aromatic carbocycles. The minimum Gasteiger partial charge on any atom is -0.492 e. The van der Waals surface area contributed by atoms with Crippen LogP contribution in [0.1, 0.15) is 0 Å². The van der Waals surface area contributed by atoms with E-state index in [-0.39, 0.29) is 0 Å². The molecule has 4 rings (SSSR count). The molecule has 120 valence electrons. The average molecular weight is 335 g/mol. The fourth-order valence-corrected chi connectivity index (χ4v) is 2.98. The van der Waals surface area contributed by atoms with Gasteiger partial charge in [0.05, 0.1) is 17.7 Å². The molecular formula is C19H17N3OS. The van der Waals surface area contributed by atoms with Crippen molar-refractivity contribution in [1.29, 1.82) is 0 Å². The Morgan fingerprint density at radius 3 is 2.71 bits per heavy atom. The van der Waals surface area contributed by atoms with E-state index >= 15 is 0 Å². The van der Waals surface area contributed by atoms with Crippen LogP contribution in [0.4, 0.5) is 0 Å². The smallest absolute Gasteiger partial charge is 0.178 e. The fraction of sp³-hybridized carbons (Fsp3) is 0.158. The lowest BCUT2D eigenvalue weighted by molar-refractivity contribution is 0.346. The first-order chi connectivity index (χ1) is 11.8. The van der Waals surface area contributed by atoms with Gasteiger partial charge in [0.2, 0.25) is 0 Å². The second-order valence-corrected chi connectivity index (χ2v) is 6.48. The fourth-order valence-electron chi connectivity index (χ4n) is 2.73. The van der Waals surface area contributed by atoms with Crippen molar-refractivity contribution in [2.75, 3.05) is 18.6 Å². The van der Waals surface area contributed by atoms with Crippen LogP contribution in [0.15, 0.2) is 54.7 Å². The van der Waals surface area contributed by atoms with Crippen LogP contribution in [0.25, 0.3) is 33.3 Å². The molecule has 1 N–H and O–H groups in total. The number of aromatic amines is 1. The van der Waals surface area contributed by atoms with Gasteiger partial charge in [-0.3, -0.25) is 0 Å². The first-order valence-electron chi connectivity index (χ1n) is 7.81.